The normalized spacial score (nSPS) is 17.1. The summed E-state index contributed by atoms with van der Waals surface area (Å²) < 4.78 is 1.93. The summed E-state index contributed by atoms with van der Waals surface area (Å²) in [6.45, 7) is 3.80. The fourth-order valence-electron chi connectivity index (χ4n) is 1.80. The Bertz CT molecular complexity index is 372. The largest absolute Gasteiger partial charge is 0.370 e. The van der Waals surface area contributed by atoms with E-state index in [-0.39, 0.29) is 24.0 Å². The Morgan fingerprint density at radius 3 is 2.89 bits per heavy atom. The SMILES string of the molecule is CC(CN=C(N)N(C)C1CC1)Cn1cccn1.I. The number of hydrogen-bond acceptors (Lipinski definition) is 2. The van der Waals surface area contributed by atoms with Crippen molar-refractivity contribution in [2.45, 2.75) is 32.4 Å². The summed E-state index contributed by atoms with van der Waals surface area (Å²) in [5.41, 5.74) is 5.93. The number of halogens is 1. The fraction of sp³-hybridized carbons (Fsp3) is 0.667. The molecule has 0 aliphatic heterocycles. The molecule has 1 unspecified atom stereocenters. The molecule has 102 valence electrons. The van der Waals surface area contributed by atoms with Crippen LogP contribution in [-0.4, -0.2) is 40.3 Å². The van der Waals surface area contributed by atoms with Crippen molar-refractivity contribution in [3.05, 3.63) is 18.5 Å². The van der Waals surface area contributed by atoms with Crippen LogP contribution in [-0.2, 0) is 6.54 Å². The van der Waals surface area contributed by atoms with Gasteiger partial charge in [-0.2, -0.15) is 5.10 Å². The van der Waals surface area contributed by atoms with Gasteiger partial charge in [0.05, 0.1) is 0 Å². The quantitative estimate of drug-likeness (QED) is 0.491. The minimum atomic E-state index is 0. The third-order valence-corrected chi connectivity index (χ3v) is 3.08. The maximum Gasteiger partial charge on any atom is 0.191 e. The molecule has 1 aliphatic carbocycles. The van der Waals surface area contributed by atoms with Crippen molar-refractivity contribution in [1.82, 2.24) is 14.7 Å². The van der Waals surface area contributed by atoms with Gasteiger partial charge in [0.25, 0.3) is 0 Å². The molecule has 18 heavy (non-hydrogen) atoms. The second-order valence-corrected chi connectivity index (χ2v) is 4.87. The number of aliphatic imine (C=N–C) groups is 1. The van der Waals surface area contributed by atoms with Gasteiger partial charge < -0.3 is 10.6 Å². The van der Waals surface area contributed by atoms with Crippen LogP contribution >= 0.6 is 24.0 Å². The van der Waals surface area contributed by atoms with Crippen LogP contribution in [0.1, 0.15) is 19.8 Å². The van der Waals surface area contributed by atoms with Crippen molar-refractivity contribution >= 4 is 29.9 Å². The van der Waals surface area contributed by atoms with Gasteiger partial charge in [0.2, 0.25) is 0 Å². The van der Waals surface area contributed by atoms with Crippen molar-refractivity contribution < 1.29 is 0 Å². The Labute approximate surface area is 125 Å². The predicted octanol–water partition coefficient (Wildman–Crippen LogP) is 1.55. The van der Waals surface area contributed by atoms with Crippen LogP contribution in [0.5, 0.6) is 0 Å². The highest BCUT2D eigenvalue weighted by Crippen LogP contribution is 2.24. The van der Waals surface area contributed by atoms with Gasteiger partial charge in [-0.3, -0.25) is 9.67 Å². The van der Waals surface area contributed by atoms with E-state index in [0.29, 0.717) is 17.9 Å². The number of rotatable bonds is 5. The zero-order chi connectivity index (χ0) is 12.3. The summed E-state index contributed by atoms with van der Waals surface area (Å²) in [6, 6.07) is 2.56. The number of guanidine groups is 1. The molecule has 2 rings (SSSR count). The average molecular weight is 363 g/mol. The van der Waals surface area contributed by atoms with Crippen molar-refractivity contribution in [3.8, 4) is 0 Å². The van der Waals surface area contributed by atoms with Crippen LogP contribution in [0.2, 0.25) is 0 Å². The van der Waals surface area contributed by atoms with E-state index in [1.165, 1.54) is 12.8 Å². The van der Waals surface area contributed by atoms with Gasteiger partial charge >= 0.3 is 0 Å². The molecule has 6 heteroatoms. The van der Waals surface area contributed by atoms with Crippen LogP contribution in [0.25, 0.3) is 0 Å². The van der Waals surface area contributed by atoms with Gasteiger partial charge in [-0.25, -0.2) is 0 Å². The molecule has 0 radical (unpaired) electrons. The summed E-state index contributed by atoms with van der Waals surface area (Å²) >= 11 is 0. The Morgan fingerprint density at radius 2 is 2.33 bits per heavy atom. The lowest BCUT2D eigenvalue weighted by atomic mass is 10.2. The lowest BCUT2D eigenvalue weighted by Gasteiger charge is -2.17. The molecule has 1 aromatic rings. The Balaban J connectivity index is 0.00000162. The van der Waals surface area contributed by atoms with Crippen LogP contribution < -0.4 is 5.73 Å². The van der Waals surface area contributed by atoms with Gasteiger partial charge in [-0.05, 0) is 24.8 Å². The summed E-state index contributed by atoms with van der Waals surface area (Å²) in [5, 5.41) is 4.18. The van der Waals surface area contributed by atoms with E-state index < -0.39 is 0 Å². The summed E-state index contributed by atoms with van der Waals surface area (Å²) in [7, 11) is 2.02. The summed E-state index contributed by atoms with van der Waals surface area (Å²) in [5.74, 6) is 1.11. The van der Waals surface area contributed by atoms with E-state index in [1.54, 1.807) is 6.20 Å². The summed E-state index contributed by atoms with van der Waals surface area (Å²) in [4.78, 5) is 6.53. The number of nitrogens with two attached hydrogens (primary N) is 1. The molecular formula is C12H22IN5. The Morgan fingerprint density at radius 1 is 1.61 bits per heavy atom. The molecule has 2 N–H and O–H groups in total. The smallest absolute Gasteiger partial charge is 0.191 e. The van der Waals surface area contributed by atoms with Crippen LogP contribution in [0.3, 0.4) is 0 Å². The van der Waals surface area contributed by atoms with Gasteiger partial charge in [-0.1, -0.05) is 6.92 Å². The van der Waals surface area contributed by atoms with Gasteiger partial charge in [0, 0.05) is 38.6 Å². The second kappa shape index (κ2) is 6.96. The molecule has 1 heterocycles. The van der Waals surface area contributed by atoms with E-state index in [2.05, 4.69) is 21.9 Å². The van der Waals surface area contributed by atoms with Gasteiger partial charge in [0.15, 0.2) is 5.96 Å². The maximum atomic E-state index is 5.93. The molecule has 0 spiro atoms. The first kappa shape index (κ1) is 15.3. The predicted molar refractivity (Wildman–Crippen MR) is 84.1 cm³/mol. The van der Waals surface area contributed by atoms with Crippen molar-refractivity contribution in [2.24, 2.45) is 16.6 Å². The van der Waals surface area contributed by atoms with Gasteiger partial charge in [-0.15, -0.1) is 24.0 Å². The van der Waals surface area contributed by atoms with Crippen molar-refractivity contribution in [3.63, 3.8) is 0 Å². The van der Waals surface area contributed by atoms with E-state index in [0.717, 1.165) is 13.1 Å². The van der Waals surface area contributed by atoms with E-state index in [1.807, 2.05) is 24.0 Å². The molecule has 1 fully saturated rings. The van der Waals surface area contributed by atoms with Crippen molar-refractivity contribution in [1.29, 1.82) is 0 Å². The third kappa shape index (κ3) is 4.47. The molecule has 0 saturated heterocycles. The second-order valence-electron chi connectivity index (χ2n) is 4.87. The Kier molecular flexibility index (Phi) is 5.90. The standard InChI is InChI=1S/C12H21N5.HI/c1-10(9-17-7-3-6-15-17)8-14-12(13)16(2)11-4-5-11;/h3,6-7,10-11H,4-5,8-9H2,1-2H3,(H2,13,14);1H. The zero-order valence-corrected chi connectivity index (χ0v) is 13.3. The molecule has 1 aromatic heterocycles. The molecule has 1 atom stereocenters. The fourth-order valence-corrected chi connectivity index (χ4v) is 1.80. The highest BCUT2D eigenvalue weighted by Gasteiger charge is 2.27. The first-order valence-corrected chi connectivity index (χ1v) is 6.17. The molecular weight excluding hydrogens is 341 g/mol. The first-order valence-electron chi connectivity index (χ1n) is 6.17. The number of hydrogen-bond donors (Lipinski definition) is 1. The van der Waals surface area contributed by atoms with Gasteiger partial charge in [0.1, 0.15) is 0 Å². The van der Waals surface area contributed by atoms with E-state index >= 15 is 0 Å². The lowest BCUT2D eigenvalue weighted by Crippen LogP contribution is -2.36. The van der Waals surface area contributed by atoms with Crippen LogP contribution in [0, 0.1) is 5.92 Å². The summed E-state index contributed by atoms with van der Waals surface area (Å²) in [6.07, 6.45) is 6.26. The molecule has 0 bridgehead atoms. The molecule has 0 amide bonds. The van der Waals surface area contributed by atoms with Crippen LogP contribution in [0.4, 0.5) is 0 Å². The van der Waals surface area contributed by atoms with Crippen LogP contribution in [0.15, 0.2) is 23.5 Å². The highest BCUT2D eigenvalue weighted by atomic mass is 127. The molecule has 5 nitrogen and oxygen atoms in total. The monoisotopic (exact) mass is 363 g/mol. The maximum absolute atomic E-state index is 5.93. The molecule has 1 aliphatic rings. The lowest BCUT2D eigenvalue weighted by molar-refractivity contribution is 0.448. The third-order valence-electron chi connectivity index (χ3n) is 3.08. The number of nitrogens with zero attached hydrogens (tertiary/aromatic N) is 4. The number of aromatic nitrogens is 2. The van der Waals surface area contributed by atoms with Crippen molar-refractivity contribution in [2.75, 3.05) is 13.6 Å². The zero-order valence-electron chi connectivity index (χ0n) is 11.0. The minimum Gasteiger partial charge on any atom is -0.370 e. The average Bonchev–Trinajstić information content (AvgIpc) is 3.05. The highest BCUT2D eigenvalue weighted by molar-refractivity contribution is 14.0. The minimum absolute atomic E-state index is 0. The van der Waals surface area contributed by atoms with E-state index in [4.69, 9.17) is 5.73 Å². The molecule has 1 saturated carbocycles. The Hall–Kier alpha value is -0.790. The first-order chi connectivity index (χ1) is 8.16. The molecule has 0 aromatic carbocycles. The topological polar surface area (TPSA) is 59.4 Å². The van der Waals surface area contributed by atoms with E-state index in [9.17, 15) is 0 Å².